The summed E-state index contributed by atoms with van der Waals surface area (Å²) in [6, 6.07) is 0. The largest absolute Gasteiger partial charge is 0.346 e. The summed E-state index contributed by atoms with van der Waals surface area (Å²) in [5.41, 5.74) is 0.820. The van der Waals surface area contributed by atoms with Crippen molar-refractivity contribution in [2.75, 3.05) is 0 Å². The Morgan fingerprint density at radius 3 is 2.72 bits per heavy atom. The average Bonchev–Trinajstić information content (AvgIpc) is 2.77. The van der Waals surface area contributed by atoms with E-state index in [1.54, 1.807) is 24.0 Å². The van der Waals surface area contributed by atoms with Crippen LogP contribution in [0.1, 0.15) is 31.3 Å². The summed E-state index contributed by atoms with van der Waals surface area (Å²) in [5.74, 6) is -0.172. The molecule has 0 unspecified atom stereocenters. The zero-order valence-electron chi connectivity index (χ0n) is 10.5. The lowest BCUT2D eigenvalue weighted by Gasteiger charge is -2.19. The molecule has 0 bridgehead atoms. The molecular formula is C12H14N4OS. The maximum atomic E-state index is 11.9. The monoisotopic (exact) mass is 262 g/mol. The highest BCUT2D eigenvalue weighted by Gasteiger charge is 2.18. The standard InChI is InChI=1S/C12H14N4OS/c1-12(2,3)16-10(17)9-7-18-11(15-9)8-6-13-4-5-14-8/h4-7H,1-3H3,(H,16,17). The zero-order chi connectivity index (χ0) is 13.2. The minimum absolute atomic E-state index is 0.172. The van der Waals surface area contributed by atoms with Crippen molar-refractivity contribution in [2.45, 2.75) is 26.3 Å². The van der Waals surface area contributed by atoms with Gasteiger partial charge < -0.3 is 5.32 Å². The van der Waals surface area contributed by atoms with E-state index in [1.807, 2.05) is 20.8 Å². The molecule has 0 spiro atoms. The molecule has 6 heteroatoms. The van der Waals surface area contributed by atoms with Crippen LogP contribution < -0.4 is 5.32 Å². The van der Waals surface area contributed by atoms with Crippen LogP contribution in [-0.4, -0.2) is 26.4 Å². The normalized spacial score (nSPS) is 11.3. The molecule has 0 saturated carbocycles. The lowest BCUT2D eigenvalue weighted by molar-refractivity contribution is 0.0915. The summed E-state index contributed by atoms with van der Waals surface area (Å²) in [6.07, 6.45) is 4.83. The first-order valence-electron chi connectivity index (χ1n) is 5.50. The second-order valence-corrected chi connectivity index (χ2v) is 5.69. The van der Waals surface area contributed by atoms with E-state index in [2.05, 4.69) is 20.3 Å². The van der Waals surface area contributed by atoms with Crippen LogP contribution in [0.25, 0.3) is 10.7 Å². The molecule has 0 aliphatic rings. The lowest BCUT2D eigenvalue weighted by atomic mass is 10.1. The molecule has 0 saturated heterocycles. The fourth-order valence-corrected chi connectivity index (χ4v) is 2.07. The van der Waals surface area contributed by atoms with Crippen LogP contribution in [0, 0.1) is 0 Å². The maximum Gasteiger partial charge on any atom is 0.271 e. The molecule has 18 heavy (non-hydrogen) atoms. The molecule has 0 aromatic carbocycles. The predicted molar refractivity (Wildman–Crippen MR) is 70.4 cm³/mol. The molecule has 2 aromatic heterocycles. The summed E-state index contributed by atoms with van der Waals surface area (Å²) in [5, 5.41) is 5.29. The first kappa shape index (κ1) is 12.6. The number of nitrogens with zero attached hydrogens (tertiary/aromatic N) is 3. The summed E-state index contributed by atoms with van der Waals surface area (Å²) in [4.78, 5) is 24.3. The van der Waals surface area contributed by atoms with E-state index in [4.69, 9.17) is 0 Å². The van der Waals surface area contributed by atoms with E-state index < -0.39 is 0 Å². The van der Waals surface area contributed by atoms with Crippen LogP contribution in [0.2, 0.25) is 0 Å². The molecule has 94 valence electrons. The first-order valence-corrected chi connectivity index (χ1v) is 6.38. The molecule has 0 aliphatic heterocycles. The minimum atomic E-state index is -0.270. The number of carbonyl (C=O) groups is 1. The number of thiazole rings is 1. The molecular weight excluding hydrogens is 248 g/mol. The Hall–Kier alpha value is -1.82. The van der Waals surface area contributed by atoms with Crippen molar-refractivity contribution in [1.82, 2.24) is 20.3 Å². The minimum Gasteiger partial charge on any atom is -0.346 e. The molecule has 0 atom stereocenters. The van der Waals surface area contributed by atoms with Crippen molar-refractivity contribution in [3.8, 4) is 10.7 Å². The molecule has 5 nitrogen and oxygen atoms in total. The van der Waals surface area contributed by atoms with Gasteiger partial charge in [0.2, 0.25) is 0 Å². The van der Waals surface area contributed by atoms with Crippen LogP contribution >= 0.6 is 11.3 Å². The highest BCUT2D eigenvalue weighted by Crippen LogP contribution is 2.20. The highest BCUT2D eigenvalue weighted by molar-refractivity contribution is 7.13. The Morgan fingerprint density at radius 2 is 2.11 bits per heavy atom. The number of carbonyl (C=O) groups excluding carboxylic acids is 1. The SMILES string of the molecule is CC(C)(C)NC(=O)c1csc(-c2cnccn2)n1. The fourth-order valence-electron chi connectivity index (χ4n) is 1.31. The number of nitrogens with one attached hydrogen (secondary N) is 1. The summed E-state index contributed by atoms with van der Waals surface area (Å²) >= 11 is 1.38. The van der Waals surface area contributed by atoms with E-state index in [0.717, 1.165) is 0 Å². The molecule has 0 radical (unpaired) electrons. The number of amides is 1. The van der Waals surface area contributed by atoms with Crippen LogP contribution in [0.4, 0.5) is 0 Å². The van der Waals surface area contributed by atoms with Crippen molar-refractivity contribution in [1.29, 1.82) is 0 Å². The Labute approximate surface area is 109 Å². The summed E-state index contributed by atoms with van der Waals surface area (Å²) in [7, 11) is 0. The summed E-state index contributed by atoms with van der Waals surface area (Å²) in [6.45, 7) is 5.79. The van der Waals surface area contributed by atoms with E-state index in [0.29, 0.717) is 16.4 Å². The third-order valence-electron chi connectivity index (χ3n) is 2.01. The Bertz CT molecular complexity index is 545. The van der Waals surface area contributed by atoms with Gasteiger partial charge in [0.25, 0.3) is 5.91 Å². The summed E-state index contributed by atoms with van der Waals surface area (Å²) < 4.78 is 0. The number of aromatic nitrogens is 3. The third kappa shape index (κ3) is 3.10. The van der Waals surface area contributed by atoms with Gasteiger partial charge in [0.1, 0.15) is 16.4 Å². The van der Waals surface area contributed by atoms with Gasteiger partial charge in [0.15, 0.2) is 0 Å². The molecule has 2 rings (SSSR count). The van der Waals surface area contributed by atoms with Crippen molar-refractivity contribution < 1.29 is 4.79 Å². The van der Waals surface area contributed by atoms with Gasteiger partial charge in [-0.25, -0.2) is 4.98 Å². The van der Waals surface area contributed by atoms with Crippen molar-refractivity contribution in [3.63, 3.8) is 0 Å². The second kappa shape index (κ2) is 4.81. The van der Waals surface area contributed by atoms with Gasteiger partial charge in [0.05, 0.1) is 6.20 Å². The van der Waals surface area contributed by atoms with E-state index in [1.165, 1.54) is 11.3 Å². The second-order valence-electron chi connectivity index (χ2n) is 4.83. The Balaban J connectivity index is 2.19. The third-order valence-corrected chi connectivity index (χ3v) is 2.87. The molecule has 0 aliphatic carbocycles. The van der Waals surface area contributed by atoms with Crippen molar-refractivity contribution >= 4 is 17.2 Å². The predicted octanol–water partition coefficient (Wildman–Crippen LogP) is 2.13. The quantitative estimate of drug-likeness (QED) is 0.900. The van der Waals surface area contributed by atoms with Gasteiger partial charge in [-0.05, 0) is 20.8 Å². The van der Waals surface area contributed by atoms with E-state index >= 15 is 0 Å². The molecule has 1 N–H and O–H groups in total. The zero-order valence-corrected chi connectivity index (χ0v) is 11.3. The molecule has 2 heterocycles. The average molecular weight is 262 g/mol. The molecule has 0 fully saturated rings. The van der Waals surface area contributed by atoms with Gasteiger partial charge in [0, 0.05) is 23.3 Å². The van der Waals surface area contributed by atoms with Gasteiger partial charge in [-0.2, -0.15) is 0 Å². The Kier molecular flexibility index (Phi) is 3.38. The molecule has 2 aromatic rings. The number of hydrogen-bond acceptors (Lipinski definition) is 5. The van der Waals surface area contributed by atoms with Crippen LogP contribution in [0.5, 0.6) is 0 Å². The van der Waals surface area contributed by atoms with Crippen molar-refractivity contribution in [3.05, 3.63) is 29.7 Å². The van der Waals surface area contributed by atoms with Crippen molar-refractivity contribution in [2.24, 2.45) is 0 Å². The topological polar surface area (TPSA) is 67.8 Å². The van der Waals surface area contributed by atoms with Crippen LogP contribution in [-0.2, 0) is 0 Å². The fraction of sp³-hybridized carbons (Fsp3) is 0.333. The van der Waals surface area contributed by atoms with E-state index in [-0.39, 0.29) is 11.4 Å². The maximum absolute atomic E-state index is 11.9. The van der Waals surface area contributed by atoms with Gasteiger partial charge >= 0.3 is 0 Å². The molecule has 1 amide bonds. The van der Waals surface area contributed by atoms with Gasteiger partial charge in [-0.1, -0.05) is 0 Å². The van der Waals surface area contributed by atoms with Crippen LogP contribution in [0.15, 0.2) is 24.0 Å². The van der Waals surface area contributed by atoms with E-state index in [9.17, 15) is 4.79 Å². The smallest absolute Gasteiger partial charge is 0.271 e. The number of rotatable bonds is 2. The Morgan fingerprint density at radius 1 is 1.33 bits per heavy atom. The number of hydrogen-bond donors (Lipinski definition) is 1. The first-order chi connectivity index (χ1) is 8.46. The van der Waals surface area contributed by atoms with Gasteiger partial charge in [-0.3, -0.25) is 14.8 Å². The lowest BCUT2D eigenvalue weighted by Crippen LogP contribution is -2.40. The van der Waals surface area contributed by atoms with Crippen LogP contribution in [0.3, 0.4) is 0 Å². The van der Waals surface area contributed by atoms with Gasteiger partial charge in [-0.15, -0.1) is 11.3 Å². The highest BCUT2D eigenvalue weighted by atomic mass is 32.1.